The first-order valence-electron chi connectivity index (χ1n) is 4.82. The molecular formula is C10H9N2O3S. The monoisotopic (exact) mass is 237 g/mol. The Hall–Kier alpha value is -1.43. The number of hydrogen-bond donors (Lipinski definition) is 0. The Labute approximate surface area is 96.6 Å². The molecule has 2 heterocycles. The van der Waals surface area contributed by atoms with Gasteiger partial charge in [-0.2, -0.15) is 11.8 Å². The van der Waals surface area contributed by atoms with E-state index >= 15 is 0 Å². The molecule has 0 N–H and O–H groups in total. The van der Waals surface area contributed by atoms with Gasteiger partial charge in [-0.1, -0.05) is 0 Å². The molecule has 16 heavy (non-hydrogen) atoms. The van der Waals surface area contributed by atoms with Crippen molar-refractivity contribution in [1.82, 2.24) is 4.90 Å². The van der Waals surface area contributed by atoms with Crippen molar-refractivity contribution in [2.45, 2.75) is 0 Å². The summed E-state index contributed by atoms with van der Waals surface area (Å²) in [5, 5.41) is 0. The van der Waals surface area contributed by atoms with Gasteiger partial charge >= 0.3 is 0 Å². The summed E-state index contributed by atoms with van der Waals surface area (Å²) in [4.78, 5) is 39.4. The number of hydrogen-bond acceptors (Lipinski definition) is 5. The minimum atomic E-state index is -0.807. The molecule has 1 fully saturated rings. The van der Waals surface area contributed by atoms with E-state index < -0.39 is 17.5 Å². The lowest BCUT2D eigenvalue weighted by molar-refractivity contribution is -0.134. The van der Waals surface area contributed by atoms with Crippen LogP contribution in [0.4, 0.5) is 0 Å². The number of nitrogens with zero attached hydrogens (tertiary/aromatic N) is 2. The van der Waals surface area contributed by atoms with Crippen LogP contribution in [-0.4, -0.2) is 53.2 Å². The van der Waals surface area contributed by atoms with Gasteiger partial charge in [-0.25, -0.2) is 4.99 Å². The molecule has 0 bridgehead atoms. The number of Topliss-reactive ketones (excluding diaryl/α,β-unsaturated/α-hetero) is 2. The second-order valence-electron chi connectivity index (χ2n) is 3.34. The third kappa shape index (κ3) is 2.06. The number of rotatable bonds is 1. The third-order valence-electron chi connectivity index (χ3n) is 2.32. The lowest BCUT2D eigenvalue weighted by Gasteiger charge is -2.26. The van der Waals surface area contributed by atoms with Gasteiger partial charge in [0.05, 0.1) is 6.21 Å². The molecular weight excluding hydrogens is 228 g/mol. The van der Waals surface area contributed by atoms with Crippen molar-refractivity contribution >= 4 is 35.5 Å². The minimum absolute atomic E-state index is 0.237. The zero-order valence-electron chi connectivity index (χ0n) is 8.43. The van der Waals surface area contributed by atoms with E-state index in [0.29, 0.717) is 13.1 Å². The van der Waals surface area contributed by atoms with Crippen LogP contribution in [0.15, 0.2) is 10.6 Å². The predicted octanol–water partition coefficient (Wildman–Crippen LogP) is -0.529. The van der Waals surface area contributed by atoms with Crippen molar-refractivity contribution in [3.8, 4) is 0 Å². The molecule has 1 radical (unpaired) electrons. The Morgan fingerprint density at radius 3 is 2.75 bits per heavy atom. The molecule has 5 nitrogen and oxygen atoms in total. The molecule has 83 valence electrons. The molecule has 0 atom stereocenters. The van der Waals surface area contributed by atoms with E-state index in [1.807, 2.05) is 0 Å². The SMILES string of the molecule is O=C1C=N[C]=C(C(=O)N2CCSCC2)C1=O. The maximum absolute atomic E-state index is 11.9. The summed E-state index contributed by atoms with van der Waals surface area (Å²) in [6, 6.07) is 0. The van der Waals surface area contributed by atoms with Crippen LogP contribution in [0.5, 0.6) is 0 Å². The highest BCUT2D eigenvalue weighted by Gasteiger charge is 2.30. The molecule has 1 saturated heterocycles. The van der Waals surface area contributed by atoms with Gasteiger partial charge in [-0.15, -0.1) is 0 Å². The van der Waals surface area contributed by atoms with E-state index in [-0.39, 0.29) is 5.57 Å². The van der Waals surface area contributed by atoms with E-state index in [9.17, 15) is 14.4 Å². The summed E-state index contributed by atoms with van der Waals surface area (Å²) >= 11 is 1.76. The van der Waals surface area contributed by atoms with Gasteiger partial charge in [0.1, 0.15) is 11.8 Å². The molecule has 2 aliphatic rings. The molecule has 6 heteroatoms. The van der Waals surface area contributed by atoms with E-state index in [0.717, 1.165) is 17.7 Å². The molecule has 0 aromatic heterocycles. The van der Waals surface area contributed by atoms with E-state index in [2.05, 4.69) is 11.2 Å². The average Bonchev–Trinajstić information content (AvgIpc) is 2.33. The first-order chi connectivity index (χ1) is 7.70. The quantitative estimate of drug-likeness (QED) is 0.454. The highest BCUT2D eigenvalue weighted by atomic mass is 32.2. The van der Waals surface area contributed by atoms with Crippen molar-refractivity contribution < 1.29 is 14.4 Å². The summed E-state index contributed by atoms with van der Waals surface area (Å²) in [7, 11) is 0. The van der Waals surface area contributed by atoms with Gasteiger partial charge < -0.3 is 4.90 Å². The van der Waals surface area contributed by atoms with E-state index in [1.165, 1.54) is 0 Å². The van der Waals surface area contributed by atoms with Crippen LogP contribution >= 0.6 is 11.8 Å². The van der Waals surface area contributed by atoms with Crippen LogP contribution < -0.4 is 0 Å². The largest absolute Gasteiger partial charge is 0.337 e. The second-order valence-corrected chi connectivity index (χ2v) is 4.57. The summed E-state index contributed by atoms with van der Waals surface area (Å²) in [6.07, 6.45) is 3.19. The summed E-state index contributed by atoms with van der Waals surface area (Å²) < 4.78 is 0. The fraction of sp³-hybridized carbons (Fsp3) is 0.400. The van der Waals surface area contributed by atoms with Crippen molar-refractivity contribution in [3.63, 3.8) is 0 Å². The van der Waals surface area contributed by atoms with Crippen molar-refractivity contribution in [1.29, 1.82) is 0 Å². The maximum atomic E-state index is 11.9. The van der Waals surface area contributed by atoms with Gasteiger partial charge in [0.15, 0.2) is 0 Å². The van der Waals surface area contributed by atoms with Gasteiger partial charge in [0.25, 0.3) is 5.91 Å². The minimum Gasteiger partial charge on any atom is -0.337 e. The number of aliphatic imine (C=N–C) groups is 1. The second kappa shape index (κ2) is 4.61. The van der Waals surface area contributed by atoms with Crippen molar-refractivity contribution in [2.24, 2.45) is 4.99 Å². The number of carbonyl (C=O) groups is 3. The van der Waals surface area contributed by atoms with Crippen LogP contribution in [0.3, 0.4) is 0 Å². The van der Waals surface area contributed by atoms with Crippen molar-refractivity contribution in [2.75, 3.05) is 24.6 Å². The van der Waals surface area contributed by atoms with Crippen LogP contribution in [0, 0.1) is 6.20 Å². The molecule has 0 aromatic rings. The van der Waals surface area contributed by atoms with Gasteiger partial charge in [-0.3, -0.25) is 14.4 Å². The maximum Gasteiger partial charge on any atom is 0.260 e. The number of ketones is 2. The Balaban J connectivity index is 2.15. The van der Waals surface area contributed by atoms with Gasteiger partial charge in [0.2, 0.25) is 11.6 Å². The molecule has 0 saturated carbocycles. The van der Waals surface area contributed by atoms with Gasteiger partial charge in [-0.05, 0) is 0 Å². The molecule has 2 aliphatic heterocycles. The zero-order valence-corrected chi connectivity index (χ0v) is 9.25. The smallest absolute Gasteiger partial charge is 0.260 e. The molecule has 2 rings (SSSR count). The molecule has 0 aliphatic carbocycles. The first-order valence-corrected chi connectivity index (χ1v) is 5.97. The molecule has 0 spiro atoms. The van der Waals surface area contributed by atoms with E-state index in [1.54, 1.807) is 16.7 Å². The fourth-order valence-corrected chi connectivity index (χ4v) is 2.36. The number of amides is 1. The van der Waals surface area contributed by atoms with Crippen LogP contribution in [0.2, 0.25) is 0 Å². The Bertz CT molecular complexity index is 408. The third-order valence-corrected chi connectivity index (χ3v) is 3.26. The normalized spacial score (nSPS) is 21.0. The Morgan fingerprint density at radius 1 is 1.38 bits per heavy atom. The van der Waals surface area contributed by atoms with Crippen LogP contribution in [-0.2, 0) is 14.4 Å². The number of thioether (sulfide) groups is 1. The topological polar surface area (TPSA) is 66.8 Å². The lowest BCUT2D eigenvalue weighted by atomic mass is 10.1. The lowest BCUT2D eigenvalue weighted by Crippen LogP contribution is -2.41. The zero-order chi connectivity index (χ0) is 11.5. The van der Waals surface area contributed by atoms with Crippen LogP contribution in [0.25, 0.3) is 0 Å². The molecule has 0 unspecified atom stereocenters. The van der Waals surface area contributed by atoms with Crippen LogP contribution in [0.1, 0.15) is 0 Å². The molecule has 0 aromatic carbocycles. The Kier molecular flexibility index (Phi) is 3.19. The van der Waals surface area contributed by atoms with E-state index in [4.69, 9.17) is 0 Å². The highest BCUT2D eigenvalue weighted by Crippen LogP contribution is 2.13. The predicted molar refractivity (Wildman–Crippen MR) is 59.2 cm³/mol. The van der Waals surface area contributed by atoms with Crippen molar-refractivity contribution in [3.05, 3.63) is 11.8 Å². The highest BCUT2D eigenvalue weighted by molar-refractivity contribution is 7.99. The number of carbonyl (C=O) groups excluding carboxylic acids is 3. The fourth-order valence-electron chi connectivity index (χ4n) is 1.46. The average molecular weight is 237 g/mol. The summed E-state index contributed by atoms with van der Waals surface area (Å²) in [5.74, 6) is -0.295. The standard InChI is InChI=1S/C10H9N2O3S/c13-8-6-11-5-7(9(8)14)10(15)12-1-3-16-4-2-12/h6H,1-4H2. The Morgan fingerprint density at radius 2 is 2.06 bits per heavy atom. The summed E-state index contributed by atoms with van der Waals surface area (Å²) in [6.45, 7) is 1.19. The first kappa shape index (κ1) is 11.1. The molecule has 1 amide bonds. The van der Waals surface area contributed by atoms with Gasteiger partial charge in [0, 0.05) is 24.6 Å². The summed E-state index contributed by atoms with van der Waals surface area (Å²) in [5.41, 5.74) is -0.237.